The van der Waals surface area contributed by atoms with Gasteiger partial charge in [-0.1, -0.05) is 0 Å². The Balaban J connectivity index is 2.69. The van der Waals surface area contributed by atoms with Gasteiger partial charge in [0.05, 0.1) is 11.6 Å². The van der Waals surface area contributed by atoms with Crippen molar-refractivity contribution in [3.8, 4) is 6.07 Å². The number of benzene rings is 1. The molecule has 0 radical (unpaired) electrons. The SMILES string of the molecule is Cc1cc(NC(C)CN(C)C)ccc1C#N. The maximum Gasteiger partial charge on any atom is 0.0994 e. The van der Waals surface area contributed by atoms with Crippen molar-refractivity contribution in [2.75, 3.05) is 26.0 Å². The predicted octanol–water partition coefficient (Wildman–Crippen LogP) is 2.23. The third-order valence-electron chi connectivity index (χ3n) is 2.40. The number of likely N-dealkylation sites (N-methyl/N-ethyl adjacent to an activating group) is 1. The molecule has 1 aromatic rings. The van der Waals surface area contributed by atoms with Gasteiger partial charge >= 0.3 is 0 Å². The lowest BCUT2D eigenvalue weighted by Gasteiger charge is -2.19. The summed E-state index contributed by atoms with van der Waals surface area (Å²) < 4.78 is 0. The second-order valence-electron chi connectivity index (χ2n) is 4.45. The van der Waals surface area contributed by atoms with Crippen LogP contribution in [0.1, 0.15) is 18.1 Å². The highest BCUT2D eigenvalue weighted by Gasteiger charge is 2.04. The molecule has 0 saturated heterocycles. The van der Waals surface area contributed by atoms with Crippen molar-refractivity contribution in [1.29, 1.82) is 5.26 Å². The summed E-state index contributed by atoms with van der Waals surface area (Å²) in [6.45, 7) is 5.09. The van der Waals surface area contributed by atoms with Crippen molar-refractivity contribution in [2.24, 2.45) is 0 Å². The van der Waals surface area contributed by atoms with Crippen LogP contribution in [0, 0.1) is 18.3 Å². The molecule has 0 saturated carbocycles. The van der Waals surface area contributed by atoms with Gasteiger partial charge in [0.15, 0.2) is 0 Å². The maximum absolute atomic E-state index is 8.83. The summed E-state index contributed by atoms with van der Waals surface area (Å²) in [6.07, 6.45) is 0. The Kier molecular flexibility index (Phi) is 4.33. The van der Waals surface area contributed by atoms with E-state index in [9.17, 15) is 0 Å². The third kappa shape index (κ3) is 3.56. The summed E-state index contributed by atoms with van der Waals surface area (Å²) >= 11 is 0. The van der Waals surface area contributed by atoms with Crippen molar-refractivity contribution in [3.05, 3.63) is 29.3 Å². The van der Waals surface area contributed by atoms with Crippen LogP contribution in [0.15, 0.2) is 18.2 Å². The molecule has 16 heavy (non-hydrogen) atoms. The van der Waals surface area contributed by atoms with E-state index in [0.29, 0.717) is 6.04 Å². The minimum Gasteiger partial charge on any atom is -0.381 e. The molecule has 3 heteroatoms. The van der Waals surface area contributed by atoms with Crippen LogP contribution >= 0.6 is 0 Å². The molecule has 0 aromatic heterocycles. The van der Waals surface area contributed by atoms with E-state index in [1.165, 1.54) is 0 Å². The van der Waals surface area contributed by atoms with Crippen LogP contribution < -0.4 is 5.32 Å². The first-order valence-corrected chi connectivity index (χ1v) is 5.45. The fourth-order valence-corrected chi connectivity index (χ4v) is 1.76. The van der Waals surface area contributed by atoms with Gasteiger partial charge in [0.25, 0.3) is 0 Å². The quantitative estimate of drug-likeness (QED) is 0.840. The number of nitriles is 1. The zero-order valence-electron chi connectivity index (χ0n) is 10.4. The molecule has 86 valence electrons. The lowest BCUT2D eigenvalue weighted by molar-refractivity contribution is 0.392. The number of nitrogens with one attached hydrogen (secondary N) is 1. The highest BCUT2D eigenvalue weighted by molar-refractivity contribution is 5.52. The molecule has 1 N–H and O–H groups in total. The molecule has 0 heterocycles. The normalized spacial score (nSPS) is 12.2. The van der Waals surface area contributed by atoms with Gasteiger partial charge < -0.3 is 10.2 Å². The van der Waals surface area contributed by atoms with Gasteiger partial charge in [0.2, 0.25) is 0 Å². The van der Waals surface area contributed by atoms with E-state index >= 15 is 0 Å². The van der Waals surface area contributed by atoms with Crippen molar-refractivity contribution in [2.45, 2.75) is 19.9 Å². The van der Waals surface area contributed by atoms with Crippen LogP contribution in [0.5, 0.6) is 0 Å². The van der Waals surface area contributed by atoms with Gasteiger partial charge in [-0.3, -0.25) is 0 Å². The molecular weight excluding hydrogens is 198 g/mol. The fraction of sp³-hybridized carbons (Fsp3) is 0.462. The van der Waals surface area contributed by atoms with E-state index in [0.717, 1.165) is 23.4 Å². The van der Waals surface area contributed by atoms with E-state index in [2.05, 4.69) is 37.3 Å². The minimum absolute atomic E-state index is 0.391. The topological polar surface area (TPSA) is 39.1 Å². The highest BCUT2D eigenvalue weighted by Crippen LogP contribution is 2.15. The molecular formula is C13H19N3. The molecule has 0 aliphatic carbocycles. The Hall–Kier alpha value is -1.53. The van der Waals surface area contributed by atoms with Gasteiger partial charge in [-0.25, -0.2) is 0 Å². The summed E-state index contributed by atoms with van der Waals surface area (Å²) in [6, 6.07) is 8.40. The van der Waals surface area contributed by atoms with Gasteiger partial charge in [-0.05, 0) is 51.7 Å². The highest BCUT2D eigenvalue weighted by atomic mass is 15.1. The van der Waals surface area contributed by atoms with Crippen molar-refractivity contribution in [1.82, 2.24) is 4.90 Å². The van der Waals surface area contributed by atoms with Crippen LogP contribution in [-0.2, 0) is 0 Å². The molecule has 0 aliphatic rings. The Morgan fingerprint density at radius 3 is 2.62 bits per heavy atom. The minimum atomic E-state index is 0.391. The Labute approximate surface area is 97.7 Å². The summed E-state index contributed by atoms with van der Waals surface area (Å²) in [4.78, 5) is 2.15. The molecule has 0 aliphatic heterocycles. The summed E-state index contributed by atoms with van der Waals surface area (Å²) in [5, 5.41) is 12.2. The number of hydrogen-bond acceptors (Lipinski definition) is 3. The molecule has 0 fully saturated rings. The number of rotatable bonds is 4. The second-order valence-corrected chi connectivity index (χ2v) is 4.45. The smallest absolute Gasteiger partial charge is 0.0994 e. The van der Waals surface area contributed by atoms with Crippen molar-refractivity contribution < 1.29 is 0 Å². The largest absolute Gasteiger partial charge is 0.381 e. The molecule has 1 aromatic carbocycles. The molecule has 0 spiro atoms. The number of nitrogens with zero attached hydrogens (tertiary/aromatic N) is 2. The Morgan fingerprint density at radius 2 is 2.12 bits per heavy atom. The zero-order valence-corrected chi connectivity index (χ0v) is 10.4. The first kappa shape index (κ1) is 12.5. The maximum atomic E-state index is 8.83. The van der Waals surface area contributed by atoms with Crippen molar-refractivity contribution >= 4 is 5.69 Å². The molecule has 1 atom stereocenters. The van der Waals surface area contributed by atoms with E-state index in [-0.39, 0.29) is 0 Å². The number of anilines is 1. The van der Waals surface area contributed by atoms with Crippen LogP contribution in [-0.4, -0.2) is 31.6 Å². The van der Waals surface area contributed by atoms with E-state index < -0.39 is 0 Å². The fourth-order valence-electron chi connectivity index (χ4n) is 1.76. The first-order chi connectivity index (χ1) is 7.52. The van der Waals surface area contributed by atoms with Crippen LogP contribution in [0.3, 0.4) is 0 Å². The number of aryl methyl sites for hydroxylation is 1. The first-order valence-electron chi connectivity index (χ1n) is 5.45. The van der Waals surface area contributed by atoms with E-state index in [4.69, 9.17) is 5.26 Å². The standard InChI is InChI=1S/C13H19N3/c1-10-7-13(6-5-12(10)8-14)15-11(2)9-16(3)4/h5-7,11,15H,9H2,1-4H3. The molecule has 1 unspecified atom stereocenters. The summed E-state index contributed by atoms with van der Waals surface area (Å²) in [5.41, 5.74) is 2.83. The van der Waals surface area contributed by atoms with Gasteiger partial charge in [-0.15, -0.1) is 0 Å². The number of hydrogen-bond donors (Lipinski definition) is 1. The monoisotopic (exact) mass is 217 g/mol. The lowest BCUT2D eigenvalue weighted by atomic mass is 10.1. The molecule has 0 amide bonds. The zero-order chi connectivity index (χ0) is 12.1. The van der Waals surface area contributed by atoms with Gasteiger partial charge in [-0.2, -0.15) is 5.26 Å². The van der Waals surface area contributed by atoms with E-state index in [1.807, 2.05) is 25.1 Å². The lowest BCUT2D eigenvalue weighted by Crippen LogP contribution is -2.29. The van der Waals surface area contributed by atoms with E-state index in [1.54, 1.807) is 0 Å². The molecule has 3 nitrogen and oxygen atoms in total. The average Bonchev–Trinajstić information content (AvgIpc) is 2.16. The predicted molar refractivity (Wildman–Crippen MR) is 67.5 cm³/mol. The Morgan fingerprint density at radius 1 is 1.44 bits per heavy atom. The molecule has 0 bridgehead atoms. The van der Waals surface area contributed by atoms with Crippen LogP contribution in [0.2, 0.25) is 0 Å². The second kappa shape index (κ2) is 5.53. The molecule has 1 rings (SSSR count). The third-order valence-corrected chi connectivity index (χ3v) is 2.40. The summed E-state index contributed by atoms with van der Waals surface area (Å²) in [5.74, 6) is 0. The van der Waals surface area contributed by atoms with Gasteiger partial charge in [0, 0.05) is 18.3 Å². The summed E-state index contributed by atoms with van der Waals surface area (Å²) in [7, 11) is 4.12. The average molecular weight is 217 g/mol. The van der Waals surface area contributed by atoms with Crippen molar-refractivity contribution in [3.63, 3.8) is 0 Å². The Bertz CT molecular complexity index is 391. The van der Waals surface area contributed by atoms with Crippen LogP contribution in [0.25, 0.3) is 0 Å². The van der Waals surface area contributed by atoms with Crippen LogP contribution in [0.4, 0.5) is 5.69 Å². The van der Waals surface area contributed by atoms with Gasteiger partial charge in [0.1, 0.15) is 0 Å².